The van der Waals surface area contributed by atoms with Crippen molar-refractivity contribution in [3.8, 4) is 0 Å². The van der Waals surface area contributed by atoms with E-state index in [0.29, 0.717) is 10.8 Å². The number of piperidine rings is 1. The fourth-order valence-electron chi connectivity index (χ4n) is 2.17. The first kappa shape index (κ1) is 14.5. The molecular formula is C13H16ClFN2OS. The Balaban J connectivity index is 1.98. The van der Waals surface area contributed by atoms with Crippen LogP contribution in [0.25, 0.3) is 0 Å². The van der Waals surface area contributed by atoms with Gasteiger partial charge in [0.2, 0.25) is 0 Å². The molecule has 19 heavy (non-hydrogen) atoms. The molecule has 1 aromatic rings. The second kappa shape index (κ2) is 6.50. The summed E-state index contributed by atoms with van der Waals surface area (Å²) in [5, 5.41) is 12.9. The molecule has 1 aliphatic heterocycles. The predicted molar refractivity (Wildman–Crippen MR) is 79.0 cm³/mol. The summed E-state index contributed by atoms with van der Waals surface area (Å²) in [5.74, 6) is -0.179. The molecule has 0 aromatic heterocycles. The SMILES string of the molecule is OCC1CCCN(C(=S)Nc2ccc(F)c(Cl)c2)C1. The minimum Gasteiger partial charge on any atom is -0.396 e. The number of nitrogens with zero attached hydrogens (tertiary/aromatic N) is 1. The van der Waals surface area contributed by atoms with E-state index in [0.717, 1.165) is 25.9 Å². The van der Waals surface area contributed by atoms with Gasteiger partial charge < -0.3 is 15.3 Å². The maximum absolute atomic E-state index is 13.1. The Kier molecular flexibility index (Phi) is 4.96. The first-order valence-corrected chi connectivity index (χ1v) is 7.00. The lowest BCUT2D eigenvalue weighted by Crippen LogP contribution is -2.43. The van der Waals surface area contributed by atoms with E-state index in [2.05, 4.69) is 5.32 Å². The number of aliphatic hydroxyl groups is 1. The van der Waals surface area contributed by atoms with E-state index in [-0.39, 0.29) is 17.5 Å². The summed E-state index contributed by atoms with van der Waals surface area (Å²) in [6.45, 7) is 1.80. The van der Waals surface area contributed by atoms with Gasteiger partial charge >= 0.3 is 0 Å². The lowest BCUT2D eigenvalue weighted by molar-refractivity contribution is 0.162. The lowest BCUT2D eigenvalue weighted by atomic mass is 9.99. The maximum Gasteiger partial charge on any atom is 0.173 e. The van der Waals surface area contributed by atoms with Crippen molar-refractivity contribution in [2.75, 3.05) is 25.0 Å². The van der Waals surface area contributed by atoms with E-state index in [1.54, 1.807) is 6.07 Å². The average Bonchev–Trinajstić information content (AvgIpc) is 2.43. The number of rotatable bonds is 2. The average molecular weight is 303 g/mol. The largest absolute Gasteiger partial charge is 0.396 e. The molecule has 6 heteroatoms. The zero-order valence-electron chi connectivity index (χ0n) is 10.4. The summed E-state index contributed by atoms with van der Waals surface area (Å²) >= 11 is 11.1. The summed E-state index contributed by atoms with van der Waals surface area (Å²) in [6.07, 6.45) is 2.04. The number of nitrogens with one attached hydrogen (secondary N) is 1. The molecule has 1 saturated heterocycles. The van der Waals surface area contributed by atoms with Crippen molar-refractivity contribution in [1.29, 1.82) is 0 Å². The Bertz CT molecular complexity index is 472. The monoisotopic (exact) mass is 302 g/mol. The van der Waals surface area contributed by atoms with Gasteiger partial charge in [0.1, 0.15) is 5.82 Å². The molecule has 1 heterocycles. The number of hydrogen-bond donors (Lipinski definition) is 2. The van der Waals surface area contributed by atoms with Crippen LogP contribution in [0.2, 0.25) is 5.02 Å². The van der Waals surface area contributed by atoms with Gasteiger partial charge in [-0.05, 0) is 49.2 Å². The molecule has 0 spiro atoms. The standard InChI is InChI=1S/C13H16ClFN2OS/c14-11-6-10(3-4-12(11)15)16-13(19)17-5-1-2-9(7-17)8-18/h3-4,6,9,18H,1-2,5,7-8H2,(H,16,19). The third-order valence-electron chi connectivity index (χ3n) is 3.24. The van der Waals surface area contributed by atoms with Crippen LogP contribution in [0.5, 0.6) is 0 Å². The van der Waals surface area contributed by atoms with Crippen LogP contribution in [0.3, 0.4) is 0 Å². The number of halogens is 2. The van der Waals surface area contributed by atoms with Gasteiger partial charge in [-0.15, -0.1) is 0 Å². The molecule has 104 valence electrons. The van der Waals surface area contributed by atoms with Crippen LogP contribution in [0.1, 0.15) is 12.8 Å². The Morgan fingerprint density at radius 3 is 3.05 bits per heavy atom. The van der Waals surface area contributed by atoms with Crippen molar-refractivity contribution >= 4 is 34.6 Å². The molecular weight excluding hydrogens is 287 g/mol. The van der Waals surface area contributed by atoms with Gasteiger partial charge in [-0.25, -0.2) is 4.39 Å². The fraction of sp³-hybridized carbons (Fsp3) is 0.462. The Hall–Kier alpha value is -0.910. The second-order valence-electron chi connectivity index (χ2n) is 4.70. The highest BCUT2D eigenvalue weighted by atomic mass is 35.5. The van der Waals surface area contributed by atoms with Crippen LogP contribution in [0.15, 0.2) is 18.2 Å². The molecule has 0 saturated carbocycles. The maximum atomic E-state index is 13.1. The topological polar surface area (TPSA) is 35.5 Å². The summed E-state index contributed by atoms with van der Waals surface area (Å²) in [4.78, 5) is 2.02. The Labute approximate surface area is 122 Å². The van der Waals surface area contributed by atoms with E-state index in [1.807, 2.05) is 4.90 Å². The van der Waals surface area contributed by atoms with Crippen molar-refractivity contribution < 1.29 is 9.50 Å². The molecule has 2 N–H and O–H groups in total. The normalized spacial score (nSPS) is 19.3. The van der Waals surface area contributed by atoms with Crippen molar-refractivity contribution in [2.24, 2.45) is 5.92 Å². The van der Waals surface area contributed by atoms with Gasteiger partial charge in [0.25, 0.3) is 0 Å². The highest BCUT2D eigenvalue weighted by molar-refractivity contribution is 7.80. The van der Waals surface area contributed by atoms with Gasteiger partial charge in [0, 0.05) is 25.4 Å². The number of hydrogen-bond acceptors (Lipinski definition) is 2. The van der Waals surface area contributed by atoms with Crippen LogP contribution >= 0.6 is 23.8 Å². The lowest BCUT2D eigenvalue weighted by Gasteiger charge is -2.33. The van der Waals surface area contributed by atoms with Gasteiger partial charge in [0.05, 0.1) is 5.02 Å². The van der Waals surface area contributed by atoms with E-state index >= 15 is 0 Å². The van der Waals surface area contributed by atoms with Gasteiger partial charge in [-0.3, -0.25) is 0 Å². The second-order valence-corrected chi connectivity index (χ2v) is 5.49. The van der Waals surface area contributed by atoms with E-state index in [1.165, 1.54) is 12.1 Å². The molecule has 2 rings (SSSR count). The zero-order chi connectivity index (χ0) is 13.8. The van der Waals surface area contributed by atoms with Crippen molar-refractivity contribution in [2.45, 2.75) is 12.8 Å². The van der Waals surface area contributed by atoms with Crippen LogP contribution < -0.4 is 5.32 Å². The summed E-state index contributed by atoms with van der Waals surface area (Å²) < 4.78 is 13.1. The third-order valence-corrected chi connectivity index (χ3v) is 3.89. The molecule has 1 aliphatic rings. The number of likely N-dealkylation sites (tertiary alicyclic amines) is 1. The fourth-order valence-corrected chi connectivity index (χ4v) is 2.64. The molecule has 1 atom stereocenters. The van der Waals surface area contributed by atoms with Crippen molar-refractivity contribution in [1.82, 2.24) is 4.90 Å². The van der Waals surface area contributed by atoms with Gasteiger partial charge in [-0.2, -0.15) is 0 Å². The van der Waals surface area contributed by atoms with Crippen molar-refractivity contribution in [3.63, 3.8) is 0 Å². The number of aliphatic hydroxyl groups excluding tert-OH is 1. The molecule has 0 radical (unpaired) electrons. The van der Waals surface area contributed by atoms with E-state index in [9.17, 15) is 9.50 Å². The minimum absolute atomic E-state index is 0.0691. The summed E-state index contributed by atoms with van der Waals surface area (Å²) in [5.41, 5.74) is 0.669. The van der Waals surface area contributed by atoms with E-state index in [4.69, 9.17) is 23.8 Å². The molecule has 1 aromatic carbocycles. The summed E-state index contributed by atoms with van der Waals surface area (Å²) in [7, 11) is 0. The molecule has 1 unspecified atom stereocenters. The van der Waals surface area contributed by atoms with Crippen LogP contribution in [-0.4, -0.2) is 34.8 Å². The third kappa shape index (κ3) is 3.78. The zero-order valence-corrected chi connectivity index (χ0v) is 12.0. The Morgan fingerprint density at radius 2 is 2.37 bits per heavy atom. The quantitative estimate of drug-likeness (QED) is 0.824. The predicted octanol–water partition coefficient (Wildman–Crippen LogP) is 2.88. The molecule has 0 amide bonds. The first-order valence-electron chi connectivity index (χ1n) is 6.22. The number of thiocarbonyl (C=S) groups is 1. The number of anilines is 1. The Morgan fingerprint density at radius 1 is 1.58 bits per heavy atom. The summed E-state index contributed by atoms with van der Waals surface area (Å²) in [6, 6.07) is 4.41. The number of benzene rings is 1. The van der Waals surface area contributed by atoms with Gasteiger partial charge in [-0.1, -0.05) is 11.6 Å². The first-order chi connectivity index (χ1) is 9.10. The highest BCUT2D eigenvalue weighted by Crippen LogP contribution is 2.21. The van der Waals surface area contributed by atoms with Crippen LogP contribution in [0, 0.1) is 11.7 Å². The molecule has 1 fully saturated rings. The highest BCUT2D eigenvalue weighted by Gasteiger charge is 2.21. The molecule has 0 aliphatic carbocycles. The van der Waals surface area contributed by atoms with Crippen LogP contribution in [-0.2, 0) is 0 Å². The van der Waals surface area contributed by atoms with E-state index < -0.39 is 5.82 Å². The molecule has 3 nitrogen and oxygen atoms in total. The van der Waals surface area contributed by atoms with Crippen molar-refractivity contribution in [3.05, 3.63) is 29.0 Å². The molecule has 0 bridgehead atoms. The smallest absolute Gasteiger partial charge is 0.173 e. The van der Waals surface area contributed by atoms with Gasteiger partial charge in [0.15, 0.2) is 5.11 Å². The minimum atomic E-state index is -0.448. The van der Waals surface area contributed by atoms with Crippen LogP contribution in [0.4, 0.5) is 10.1 Å².